The molecule has 3 aromatic rings. The maximum absolute atomic E-state index is 11.9. The van der Waals surface area contributed by atoms with Crippen LogP contribution in [0.2, 0.25) is 0 Å². The van der Waals surface area contributed by atoms with Gasteiger partial charge in [-0.15, -0.1) is 5.10 Å². The van der Waals surface area contributed by atoms with Gasteiger partial charge in [0.25, 0.3) is 11.8 Å². The van der Waals surface area contributed by atoms with E-state index in [2.05, 4.69) is 20.5 Å². The average molecular weight is 296 g/mol. The zero-order chi connectivity index (χ0) is 15.2. The summed E-state index contributed by atoms with van der Waals surface area (Å²) in [5, 5.41) is 10.0. The van der Waals surface area contributed by atoms with Crippen LogP contribution in [-0.2, 0) is 6.61 Å². The van der Waals surface area contributed by atoms with E-state index >= 15 is 0 Å². The molecule has 0 aliphatic carbocycles. The molecule has 0 aliphatic heterocycles. The highest BCUT2D eigenvalue weighted by Gasteiger charge is 2.12. The maximum atomic E-state index is 11.9. The minimum absolute atomic E-state index is 0.00214. The van der Waals surface area contributed by atoms with Gasteiger partial charge in [0.05, 0.1) is 0 Å². The highest BCUT2D eigenvalue weighted by molar-refractivity contribution is 6.01. The first kappa shape index (κ1) is 13.7. The molecule has 2 aromatic heterocycles. The second-order valence-electron chi connectivity index (χ2n) is 4.27. The molecule has 1 N–H and O–H groups in total. The lowest BCUT2D eigenvalue weighted by atomic mass is 10.3. The average Bonchev–Trinajstić information content (AvgIpc) is 3.02. The number of nitrogens with zero attached hydrogens (tertiary/aromatic N) is 3. The first-order chi connectivity index (χ1) is 10.8. The fourth-order valence-corrected chi connectivity index (χ4v) is 1.68. The fourth-order valence-electron chi connectivity index (χ4n) is 1.68. The molecule has 2 heterocycles. The zero-order valence-electron chi connectivity index (χ0n) is 11.5. The molecule has 0 bridgehead atoms. The summed E-state index contributed by atoms with van der Waals surface area (Å²) in [5.74, 6) is 0.541. The number of hydrogen-bond acceptors (Lipinski definition) is 6. The first-order valence-electron chi connectivity index (χ1n) is 6.54. The number of hydrogen-bond donors (Lipinski definition) is 1. The Kier molecular flexibility index (Phi) is 4.05. The van der Waals surface area contributed by atoms with Gasteiger partial charge in [-0.05, 0) is 24.3 Å². The number of benzene rings is 1. The van der Waals surface area contributed by atoms with E-state index < -0.39 is 5.91 Å². The van der Waals surface area contributed by atoms with Crippen LogP contribution in [0.5, 0.6) is 5.75 Å². The van der Waals surface area contributed by atoms with Gasteiger partial charge < -0.3 is 9.15 Å². The van der Waals surface area contributed by atoms with Gasteiger partial charge in [-0.2, -0.15) is 0 Å². The van der Waals surface area contributed by atoms with Crippen LogP contribution >= 0.6 is 0 Å². The van der Waals surface area contributed by atoms with Gasteiger partial charge in [0.1, 0.15) is 11.4 Å². The van der Waals surface area contributed by atoms with E-state index in [-0.39, 0.29) is 24.2 Å². The summed E-state index contributed by atoms with van der Waals surface area (Å²) in [6.45, 7) is 0.121. The van der Waals surface area contributed by atoms with Gasteiger partial charge in [0.2, 0.25) is 0 Å². The van der Waals surface area contributed by atoms with Crippen molar-refractivity contribution in [1.29, 1.82) is 0 Å². The van der Waals surface area contributed by atoms with Crippen molar-refractivity contribution in [1.82, 2.24) is 15.2 Å². The van der Waals surface area contributed by atoms with E-state index in [9.17, 15) is 4.79 Å². The Bertz CT molecular complexity index is 744. The molecule has 1 amide bonds. The minimum atomic E-state index is -0.417. The molecule has 0 radical (unpaired) electrons. The lowest BCUT2D eigenvalue weighted by molar-refractivity contribution is 0.101. The maximum Gasteiger partial charge on any atom is 0.322 e. The van der Waals surface area contributed by atoms with Gasteiger partial charge >= 0.3 is 6.01 Å². The summed E-state index contributed by atoms with van der Waals surface area (Å²) in [6, 6.07) is 14.3. The van der Waals surface area contributed by atoms with E-state index in [1.807, 2.05) is 30.3 Å². The molecule has 0 spiro atoms. The zero-order valence-corrected chi connectivity index (χ0v) is 11.5. The number of para-hydroxylation sites is 1. The molecule has 0 fully saturated rings. The number of nitrogens with one attached hydrogen (secondary N) is 1. The Morgan fingerprint density at radius 1 is 1.09 bits per heavy atom. The van der Waals surface area contributed by atoms with E-state index in [0.29, 0.717) is 5.75 Å². The predicted molar refractivity (Wildman–Crippen MR) is 77.3 cm³/mol. The van der Waals surface area contributed by atoms with Crippen LogP contribution < -0.4 is 10.1 Å². The van der Waals surface area contributed by atoms with Crippen LogP contribution in [0.1, 0.15) is 16.4 Å². The van der Waals surface area contributed by atoms with Crippen LogP contribution in [0.4, 0.5) is 6.01 Å². The Hall–Kier alpha value is -3.22. The Morgan fingerprint density at radius 3 is 2.68 bits per heavy atom. The van der Waals surface area contributed by atoms with Gasteiger partial charge in [0.15, 0.2) is 6.61 Å². The summed E-state index contributed by atoms with van der Waals surface area (Å²) in [6.07, 6.45) is 1.53. The number of amides is 1. The van der Waals surface area contributed by atoms with Crippen LogP contribution in [0.25, 0.3) is 0 Å². The van der Waals surface area contributed by atoms with E-state index in [4.69, 9.17) is 9.15 Å². The molecule has 0 unspecified atom stereocenters. The Balaban J connectivity index is 1.58. The van der Waals surface area contributed by atoms with Crippen LogP contribution in [0.3, 0.4) is 0 Å². The second kappa shape index (κ2) is 6.49. The van der Waals surface area contributed by atoms with Crippen LogP contribution in [0.15, 0.2) is 59.1 Å². The lowest BCUT2D eigenvalue weighted by Crippen LogP contribution is -2.13. The molecular formula is C15H12N4O3. The molecule has 7 heteroatoms. The number of aromatic nitrogens is 3. The second-order valence-corrected chi connectivity index (χ2v) is 4.27. The molecule has 3 rings (SSSR count). The summed E-state index contributed by atoms with van der Waals surface area (Å²) in [4.78, 5) is 15.8. The van der Waals surface area contributed by atoms with E-state index in [0.717, 1.165) is 0 Å². The monoisotopic (exact) mass is 296 g/mol. The van der Waals surface area contributed by atoms with E-state index in [1.165, 1.54) is 6.20 Å². The van der Waals surface area contributed by atoms with Crippen molar-refractivity contribution in [3.05, 3.63) is 66.3 Å². The van der Waals surface area contributed by atoms with E-state index in [1.54, 1.807) is 18.2 Å². The lowest BCUT2D eigenvalue weighted by Gasteiger charge is -2.01. The topological polar surface area (TPSA) is 90.1 Å². The SMILES string of the molecule is O=C(Nc1nnc(COc2ccccc2)o1)c1ccccn1. The molecular weight excluding hydrogens is 284 g/mol. The number of rotatable bonds is 5. The number of ether oxygens (including phenoxy) is 1. The summed E-state index contributed by atoms with van der Waals surface area (Å²) < 4.78 is 10.8. The van der Waals surface area contributed by atoms with Crippen molar-refractivity contribution >= 4 is 11.9 Å². The number of pyridine rings is 1. The third-order valence-corrected chi connectivity index (χ3v) is 2.69. The van der Waals surface area contributed by atoms with Crippen LogP contribution in [0, 0.1) is 0 Å². The number of anilines is 1. The first-order valence-corrected chi connectivity index (χ1v) is 6.54. The summed E-state index contributed by atoms with van der Waals surface area (Å²) in [5.41, 5.74) is 0.266. The fraction of sp³-hybridized carbons (Fsp3) is 0.0667. The standard InChI is InChI=1S/C15H12N4O3/c20-14(12-8-4-5-9-16-12)17-15-19-18-13(22-15)10-21-11-6-2-1-3-7-11/h1-9H,10H2,(H,17,19,20). The van der Waals surface area contributed by atoms with Gasteiger partial charge in [-0.25, -0.2) is 0 Å². The van der Waals surface area contributed by atoms with Crippen molar-refractivity contribution in [3.8, 4) is 5.75 Å². The van der Waals surface area contributed by atoms with Gasteiger partial charge in [-0.1, -0.05) is 29.4 Å². The molecule has 0 saturated carbocycles. The molecule has 7 nitrogen and oxygen atoms in total. The summed E-state index contributed by atoms with van der Waals surface area (Å²) in [7, 11) is 0. The molecule has 0 aliphatic rings. The Morgan fingerprint density at radius 2 is 1.91 bits per heavy atom. The predicted octanol–water partition coefficient (Wildman–Crippen LogP) is 2.30. The highest BCUT2D eigenvalue weighted by Crippen LogP contribution is 2.12. The minimum Gasteiger partial charge on any atom is -0.484 e. The number of carbonyl (C=O) groups excluding carboxylic acids is 1. The normalized spacial score (nSPS) is 10.2. The van der Waals surface area contributed by atoms with Gasteiger partial charge in [-0.3, -0.25) is 15.1 Å². The highest BCUT2D eigenvalue weighted by atomic mass is 16.5. The smallest absolute Gasteiger partial charge is 0.322 e. The molecule has 110 valence electrons. The molecule has 0 atom stereocenters. The summed E-state index contributed by atoms with van der Waals surface area (Å²) >= 11 is 0. The van der Waals surface area contributed by atoms with Crippen molar-refractivity contribution in [3.63, 3.8) is 0 Å². The third kappa shape index (κ3) is 3.45. The van der Waals surface area contributed by atoms with Crippen molar-refractivity contribution < 1.29 is 13.9 Å². The van der Waals surface area contributed by atoms with Crippen molar-refractivity contribution in [2.45, 2.75) is 6.61 Å². The Labute approximate surface area is 126 Å². The van der Waals surface area contributed by atoms with Crippen molar-refractivity contribution in [2.24, 2.45) is 0 Å². The molecule has 1 aromatic carbocycles. The largest absolute Gasteiger partial charge is 0.484 e. The van der Waals surface area contributed by atoms with Crippen LogP contribution in [-0.4, -0.2) is 21.1 Å². The molecule has 0 saturated heterocycles. The van der Waals surface area contributed by atoms with Crippen molar-refractivity contribution in [2.75, 3.05) is 5.32 Å². The third-order valence-electron chi connectivity index (χ3n) is 2.69. The quantitative estimate of drug-likeness (QED) is 0.777. The van der Waals surface area contributed by atoms with Gasteiger partial charge in [0, 0.05) is 6.20 Å². The number of carbonyl (C=O) groups is 1. The molecule has 22 heavy (non-hydrogen) atoms.